The van der Waals surface area contributed by atoms with E-state index in [1.807, 2.05) is 30.5 Å². The number of nitrogens with zero attached hydrogens (tertiary/aromatic N) is 1. The van der Waals surface area contributed by atoms with Gasteiger partial charge in [-0.1, -0.05) is 31.2 Å². The first-order chi connectivity index (χ1) is 8.28. The summed E-state index contributed by atoms with van der Waals surface area (Å²) in [5.41, 5.74) is 2.46. The highest BCUT2D eigenvalue weighted by Gasteiger charge is 2.36. The molecule has 2 heteroatoms. The molecular formula is C15H15NO. The summed E-state index contributed by atoms with van der Waals surface area (Å²) in [6.45, 7) is 2.98. The van der Waals surface area contributed by atoms with E-state index in [4.69, 9.17) is 4.74 Å². The molecule has 1 aromatic carbocycles. The smallest absolute Gasteiger partial charge is 0.123 e. The lowest BCUT2D eigenvalue weighted by Gasteiger charge is -2.22. The van der Waals surface area contributed by atoms with Crippen molar-refractivity contribution in [3.05, 3.63) is 59.9 Å². The summed E-state index contributed by atoms with van der Waals surface area (Å²) in [6, 6.07) is 14.4. The van der Waals surface area contributed by atoms with Crippen molar-refractivity contribution in [1.82, 2.24) is 4.98 Å². The molecule has 2 aromatic rings. The fourth-order valence-corrected chi connectivity index (χ4v) is 2.45. The van der Waals surface area contributed by atoms with Gasteiger partial charge in [0.05, 0.1) is 6.61 Å². The molecule has 1 unspecified atom stereocenters. The number of rotatable bonds is 2. The van der Waals surface area contributed by atoms with Crippen LogP contribution in [0.25, 0.3) is 0 Å². The lowest BCUT2D eigenvalue weighted by atomic mass is 9.80. The van der Waals surface area contributed by atoms with E-state index in [1.165, 1.54) is 5.56 Å². The van der Waals surface area contributed by atoms with Gasteiger partial charge < -0.3 is 4.74 Å². The molecule has 1 aliphatic rings. The third-order valence-corrected chi connectivity index (χ3v) is 3.38. The van der Waals surface area contributed by atoms with Crippen LogP contribution in [-0.2, 0) is 11.8 Å². The molecule has 0 aliphatic carbocycles. The Kier molecular flexibility index (Phi) is 2.36. The first kappa shape index (κ1) is 10.3. The predicted molar refractivity (Wildman–Crippen MR) is 67.2 cm³/mol. The van der Waals surface area contributed by atoms with Crippen LogP contribution in [0.2, 0.25) is 0 Å². The molecule has 2 nitrogen and oxygen atoms in total. The van der Waals surface area contributed by atoms with Crippen LogP contribution >= 0.6 is 0 Å². The van der Waals surface area contributed by atoms with E-state index in [-0.39, 0.29) is 5.41 Å². The molecule has 0 bridgehead atoms. The van der Waals surface area contributed by atoms with Gasteiger partial charge >= 0.3 is 0 Å². The molecule has 17 heavy (non-hydrogen) atoms. The molecule has 86 valence electrons. The molecule has 0 amide bonds. The van der Waals surface area contributed by atoms with Crippen molar-refractivity contribution in [2.24, 2.45) is 0 Å². The van der Waals surface area contributed by atoms with Crippen LogP contribution in [0.4, 0.5) is 0 Å². The SMILES string of the molecule is CC1(Cc2ccccn2)COc2ccccc21. The molecule has 0 N–H and O–H groups in total. The number of aromatic nitrogens is 1. The quantitative estimate of drug-likeness (QED) is 0.784. The summed E-state index contributed by atoms with van der Waals surface area (Å²) >= 11 is 0. The molecule has 1 aliphatic heterocycles. The summed E-state index contributed by atoms with van der Waals surface area (Å²) in [7, 11) is 0. The highest BCUT2D eigenvalue weighted by Crippen LogP contribution is 2.40. The van der Waals surface area contributed by atoms with E-state index in [1.54, 1.807) is 0 Å². The summed E-state index contributed by atoms with van der Waals surface area (Å²) in [5, 5.41) is 0. The number of benzene rings is 1. The van der Waals surface area contributed by atoms with Gasteiger partial charge in [0.2, 0.25) is 0 Å². The van der Waals surface area contributed by atoms with E-state index < -0.39 is 0 Å². The Morgan fingerprint density at radius 3 is 2.82 bits per heavy atom. The Morgan fingerprint density at radius 2 is 2.00 bits per heavy atom. The third kappa shape index (κ3) is 1.80. The van der Waals surface area contributed by atoms with Gasteiger partial charge in [-0.3, -0.25) is 4.98 Å². The van der Waals surface area contributed by atoms with Crippen molar-refractivity contribution >= 4 is 0 Å². The summed E-state index contributed by atoms with van der Waals surface area (Å²) < 4.78 is 5.76. The predicted octanol–water partition coefficient (Wildman–Crippen LogP) is 2.97. The number of hydrogen-bond acceptors (Lipinski definition) is 2. The minimum absolute atomic E-state index is 0.0466. The maximum Gasteiger partial charge on any atom is 0.123 e. The molecular weight excluding hydrogens is 210 g/mol. The maximum atomic E-state index is 5.76. The average molecular weight is 225 g/mol. The molecule has 3 rings (SSSR count). The zero-order valence-corrected chi connectivity index (χ0v) is 9.89. The van der Waals surface area contributed by atoms with Gasteiger partial charge in [-0.05, 0) is 18.2 Å². The average Bonchev–Trinajstić information content (AvgIpc) is 2.69. The standard InChI is InChI=1S/C15H15NO/c1-15(10-12-6-4-5-9-16-12)11-17-14-8-3-2-7-13(14)15/h2-9H,10-11H2,1H3. The van der Waals surface area contributed by atoms with Gasteiger partial charge in [0.1, 0.15) is 5.75 Å². The monoisotopic (exact) mass is 225 g/mol. The number of hydrogen-bond donors (Lipinski definition) is 0. The van der Waals surface area contributed by atoms with Crippen LogP contribution in [0.3, 0.4) is 0 Å². The lowest BCUT2D eigenvalue weighted by Crippen LogP contribution is -2.27. The van der Waals surface area contributed by atoms with Crippen molar-refractivity contribution < 1.29 is 4.74 Å². The summed E-state index contributed by atoms with van der Waals surface area (Å²) in [6.07, 6.45) is 2.77. The largest absolute Gasteiger partial charge is 0.492 e. The fourth-order valence-electron chi connectivity index (χ4n) is 2.45. The lowest BCUT2D eigenvalue weighted by molar-refractivity contribution is 0.276. The Morgan fingerprint density at radius 1 is 1.18 bits per heavy atom. The van der Waals surface area contributed by atoms with Crippen LogP contribution in [0.5, 0.6) is 5.75 Å². The molecule has 1 aromatic heterocycles. The molecule has 0 fully saturated rings. The zero-order chi connectivity index (χ0) is 11.7. The van der Waals surface area contributed by atoms with Crippen molar-refractivity contribution in [3.63, 3.8) is 0 Å². The van der Waals surface area contributed by atoms with E-state index in [9.17, 15) is 0 Å². The van der Waals surface area contributed by atoms with E-state index in [0.717, 1.165) is 24.5 Å². The van der Waals surface area contributed by atoms with Gasteiger partial charge in [-0.2, -0.15) is 0 Å². The molecule has 1 atom stereocenters. The van der Waals surface area contributed by atoms with Crippen LogP contribution < -0.4 is 4.74 Å². The van der Waals surface area contributed by atoms with Crippen molar-refractivity contribution in [2.75, 3.05) is 6.61 Å². The molecule has 0 radical (unpaired) electrons. The highest BCUT2D eigenvalue weighted by molar-refractivity contribution is 5.43. The number of fused-ring (bicyclic) bond motifs is 1. The number of pyridine rings is 1. The second-order valence-electron chi connectivity index (χ2n) is 4.84. The van der Waals surface area contributed by atoms with Crippen LogP contribution in [0.15, 0.2) is 48.7 Å². The van der Waals surface area contributed by atoms with Crippen LogP contribution in [0, 0.1) is 0 Å². The van der Waals surface area contributed by atoms with Crippen molar-refractivity contribution in [2.45, 2.75) is 18.8 Å². The second kappa shape index (κ2) is 3.88. The van der Waals surface area contributed by atoms with Crippen molar-refractivity contribution in [3.8, 4) is 5.75 Å². The van der Waals surface area contributed by atoms with Crippen LogP contribution in [-0.4, -0.2) is 11.6 Å². The van der Waals surface area contributed by atoms with Gasteiger partial charge in [-0.15, -0.1) is 0 Å². The number of ether oxygens (including phenoxy) is 1. The minimum atomic E-state index is 0.0466. The molecule has 0 saturated heterocycles. The fraction of sp³-hybridized carbons (Fsp3) is 0.267. The molecule has 0 saturated carbocycles. The second-order valence-corrected chi connectivity index (χ2v) is 4.84. The van der Waals surface area contributed by atoms with E-state index >= 15 is 0 Å². The first-order valence-corrected chi connectivity index (χ1v) is 5.90. The summed E-state index contributed by atoms with van der Waals surface area (Å²) in [5.74, 6) is 1.02. The Balaban J connectivity index is 1.94. The van der Waals surface area contributed by atoms with Crippen molar-refractivity contribution in [1.29, 1.82) is 0 Å². The van der Waals surface area contributed by atoms with Gasteiger partial charge in [0.15, 0.2) is 0 Å². The van der Waals surface area contributed by atoms with Gasteiger partial charge in [-0.25, -0.2) is 0 Å². The topological polar surface area (TPSA) is 22.1 Å². The number of para-hydroxylation sites is 1. The highest BCUT2D eigenvalue weighted by atomic mass is 16.5. The zero-order valence-electron chi connectivity index (χ0n) is 9.89. The Labute approximate surface area is 101 Å². The van der Waals surface area contributed by atoms with Gasteiger partial charge in [0, 0.05) is 29.3 Å². The molecule has 2 heterocycles. The van der Waals surface area contributed by atoms with E-state index in [2.05, 4.69) is 30.1 Å². The minimum Gasteiger partial charge on any atom is -0.492 e. The van der Waals surface area contributed by atoms with Crippen LogP contribution in [0.1, 0.15) is 18.2 Å². The normalized spacial score (nSPS) is 21.9. The van der Waals surface area contributed by atoms with E-state index in [0.29, 0.717) is 0 Å². The Hall–Kier alpha value is -1.83. The summed E-state index contributed by atoms with van der Waals surface area (Å²) in [4.78, 5) is 4.40. The third-order valence-electron chi connectivity index (χ3n) is 3.38. The maximum absolute atomic E-state index is 5.76. The first-order valence-electron chi connectivity index (χ1n) is 5.90. The Bertz CT molecular complexity index is 523. The molecule has 0 spiro atoms. The van der Waals surface area contributed by atoms with Gasteiger partial charge in [0.25, 0.3) is 0 Å².